The van der Waals surface area contributed by atoms with Gasteiger partial charge in [-0.25, -0.2) is 4.79 Å². The lowest BCUT2D eigenvalue weighted by Gasteiger charge is -2.36. The zero-order valence-corrected chi connectivity index (χ0v) is 13.4. The van der Waals surface area contributed by atoms with Crippen molar-refractivity contribution in [2.75, 3.05) is 6.54 Å². The van der Waals surface area contributed by atoms with Crippen molar-refractivity contribution in [3.63, 3.8) is 0 Å². The molecule has 1 aromatic carbocycles. The number of fused-ring (bicyclic) bond motifs is 2. The molecule has 0 radical (unpaired) electrons. The lowest BCUT2D eigenvalue weighted by molar-refractivity contribution is 0.170. The molecule has 0 saturated carbocycles. The van der Waals surface area contributed by atoms with Crippen LogP contribution in [0.3, 0.4) is 0 Å². The number of carbonyl (C=O) groups excluding carboxylic acids is 1. The maximum absolute atomic E-state index is 12.7. The maximum atomic E-state index is 12.7. The Morgan fingerprint density at radius 1 is 1.30 bits per heavy atom. The van der Waals surface area contributed by atoms with Gasteiger partial charge in [0.1, 0.15) is 0 Å². The standard InChI is InChI=1S/C18H22N4O/c1-12-16-5-3-2-4-13(16)8-9-22(12)18(23)20-15-7-6-14-11-19-21-17(14)10-15/h2-5,11-12,15H,6-10H2,1H3,(H,19,21)(H,20,23). The normalized spacial score (nSPS) is 23.1. The van der Waals surface area contributed by atoms with Gasteiger partial charge in [0.25, 0.3) is 0 Å². The minimum atomic E-state index is 0.0555. The van der Waals surface area contributed by atoms with Gasteiger partial charge in [0.15, 0.2) is 0 Å². The number of aromatic nitrogens is 2. The maximum Gasteiger partial charge on any atom is 0.318 e. The van der Waals surface area contributed by atoms with Crippen LogP contribution in [0.1, 0.15) is 41.8 Å². The number of hydrogen-bond acceptors (Lipinski definition) is 2. The summed E-state index contributed by atoms with van der Waals surface area (Å²) in [6, 6.07) is 8.81. The molecular weight excluding hydrogens is 288 g/mol. The summed E-state index contributed by atoms with van der Waals surface area (Å²) in [4.78, 5) is 14.7. The predicted octanol–water partition coefficient (Wildman–Crippen LogP) is 2.60. The second kappa shape index (κ2) is 5.72. The van der Waals surface area contributed by atoms with Gasteiger partial charge < -0.3 is 10.2 Å². The first-order chi connectivity index (χ1) is 11.2. The van der Waals surface area contributed by atoms with Crippen molar-refractivity contribution in [2.45, 2.75) is 44.7 Å². The highest BCUT2D eigenvalue weighted by Crippen LogP contribution is 2.29. The summed E-state index contributed by atoms with van der Waals surface area (Å²) < 4.78 is 0. The van der Waals surface area contributed by atoms with Crippen molar-refractivity contribution in [3.05, 3.63) is 52.8 Å². The average Bonchev–Trinajstić information content (AvgIpc) is 3.03. The Kier molecular flexibility index (Phi) is 3.56. The van der Waals surface area contributed by atoms with E-state index in [2.05, 4.69) is 46.7 Å². The van der Waals surface area contributed by atoms with Crippen LogP contribution >= 0.6 is 0 Å². The molecule has 2 aromatic rings. The van der Waals surface area contributed by atoms with Crippen LogP contribution in [0, 0.1) is 0 Å². The molecule has 2 unspecified atom stereocenters. The lowest BCUT2D eigenvalue weighted by atomic mass is 9.93. The van der Waals surface area contributed by atoms with Gasteiger partial charge in [-0.15, -0.1) is 0 Å². The molecule has 0 spiro atoms. The number of H-pyrrole nitrogens is 1. The smallest absolute Gasteiger partial charge is 0.318 e. The van der Waals surface area contributed by atoms with Gasteiger partial charge in [0.05, 0.1) is 12.2 Å². The van der Waals surface area contributed by atoms with Crippen molar-refractivity contribution >= 4 is 6.03 Å². The molecule has 1 aliphatic heterocycles. The third-order valence-electron chi connectivity index (χ3n) is 5.20. The SMILES string of the molecule is CC1c2ccccc2CCN1C(=O)NC1CCc2cn[nH]c2C1. The second-order valence-electron chi connectivity index (χ2n) is 6.58. The van der Waals surface area contributed by atoms with E-state index < -0.39 is 0 Å². The molecule has 0 fully saturated rings. The molecule has 0 bridgehead atoms. The molecule has 2 amide bonds. The number of nitrogens with zero attached hydrogens (tertiary/aromatic N) is 2. The minimum Gasteiger partial charge on any atom is -0.335 e. The van der Waals surface area contributed by atoms with Crippen LogP contribution in [-0.2, 0) is 19.3 Å². The molecule has 2 heterocycles. The van der Waals surface area contributed by atoms with Gasteiger partial charge >= 0.3 is 6.03 Å². The van der Waals surface area contributed by atoms with Crippen LogP contribution in [0.4, 0.5) is 4.79 Å². The van der Waals surface area contributed by atoms with Gasteiger partial charge in [-0.3, -0.25) is 5.10 Å². The van der Waals surface area contributed by atoms with Gasteiger partial charge in [-0.1, -0.05) is 24.3 Å². The van der Waals surface area contributed by atoms with Crippen LogP contribution in [-0.4, -0.2) is 33.7 Å². The fourth-order valence-electron chi connectivity index (χ4n) is 3.84. The van der Waals surface area contributed by atoms with Gasteiger partial charge in [-0.2, -0.15) is 5.10 Å². The number of aromatic amines is 1. The quantitative estimate of drug-likeness (QED) is 0.850. The van der Waals surface area contributed by atoms with Crippen molar-refractivity contribution in [3.8, 4) is 0 Å². The molecular formula is C18H22N4O. The highest BCUT2D eigenvalue weighted by atomic mass is 16.2. The highest BCUT2D eigenvalue weighted by molar-refractivity contribution is 5.75. The van der Waals surface area contributed by atoms with E-state index in [1.165, 1.54) is 22.4 Å². The summed E-state index contributed by atoms with van der Waals surface area (Å²) in [6.45, 7) is 2.90. The first-order valence-electron chi connectivity index (χ1n) is 8.38. The van der Waals surface area contributed by atoms with Gasteiger partial charge in [-0.05, 0) is 42.9 Å². The average molecular weight is 310 g/mol. The van der Waals surface area contributed by atoms with E-state index in [1.807, 2.05) is 11.1 Å². The number of hydrogen-bond donors (Lipinski definition) is 2. The molecule has 0 saturated heterocycles. The van der Waals surface area contributed by atoms with Crippen molar-refractivity contribution in [1.29, 1.82) is 0 Å². The predicted molar refractivity (Wildman–Crippen MR) is 88.2 cm³/mol. The fraction of sp³-hybridized carbons (Fsp3) is 0.444. The zero-order valence-electron chi connectivity index (χ0n) is 13.4. The van der Waals surface area contributed by atoms with E-state index >= 15 is 0 Å². The summed E-state index contributed by atoms with van der Waals surface area (Å²) in [5.74, 6) is 0. The molecule has 120 valence electrons. The Balaban J connectivity index is 1.44. The van der Waals surface area contributed by atoms with Crippen LogP contribution in [0.25, 0.3) is 0 Å². The molecule has 5 nitrogen and oxygen atoms in total. The number of rotatable bonds is 1. The number of benzene rings is 1. The Morgan fingerprint density at radius 2 is 2.17 bits per heavy atom. The first kappa shape index (κ1) is 14.3. The molecule has 23 heavy (non-hydrogen) atoms. The van der Waals surface area contributed by atoms with Crippen molar-refractivity contribution < 1.29 is 4.79 Å². The Labute approximate surface area is 136 Å². The molecule has 1 aliphatic carbocycles. The molecule has 1 aromatic heterocycles. The summed E-state index contributed by atoms with van der Waals surface area (Å²) in [5, 5.41) is 10.4. The van der Waals surface area contributed by atoms with Crippen molar-refractivity contribution in [1.82, 2.24) is 20.4 Å². The van der Waals surface area contributed by atoms with E-state index in [0.29, 0.717) is 0 Å². The first-order valence-corrected chi connectivity index (χ1v) is 8.38. The van der Waals surface area contributed by atoms with Gasteiger partial charge in [0, 0.05) is 24.7 Å². The Bertz CT molecular complexity index is 723. The van der Waals surface area contributed by atoms with E-state index in [4.69, 9.17) is 0 Å². The molecule has 4 rings (SSSR count). The van der Waals surface area contributed by atoms with Crippen LogP contribution in [0.15, 0.2) is 30.5 Å². The summed E-state index contributed by atoms with van der Waals surface area (Å²) in [6.07, 6.45) is 5.65. The number of aryl methyl sites for hydroxylation is 1. The largest absolute Gasteiger partial charge is 0.335 e. The number of nitrogens with one attached hydrogen (secondary N) is 2. The molecule has 5 heteroatoms. The summed E-state index contributed by atoms with van der Waals surface area (Å²) >= 11 is 0. The number of amides is 2. The van der Waals surface area contributed by atoms with Crippen molar-refractivity contribution in [2.24, 2.45) is 0 Å². The van der Waals surface area contributed by atoms with Crippen LogP contribution < -0.4 is 5.32 Å². The third-order valence-corrected chi connectivity index (χ3v) is 5.20. The van der Waals surface area contributed by atoms with Gasteiger partial charge in [0.2, 0.25) is 0 Å². The number of urea groups is 1. The summed E-state index contributed by atoms with van der Waals surface area (Å²) in [5.41, 5.74) is 5.09. The van der Waals surface area contributed by atoms with E-state index in [-0.39, 0.29) is 18.1 Å². The molecule has 2 aliphatic rings. The lowest BCUT2D eigenvalue weighted by Crippen LogP contribution is -2.49. The molecule has 2 atom stereocenters. The van der Waals surface area contributed by atoms with Crippen LogP contribution in [0.5, 0.6) is 0 Å². The monoisotopic (exact) mass is 310 g/mol. The highest BCUT2D eigenvalue weighted by Gasteiger charge is 2.29. The Hall–Kier alpha value is -2.30. The van der Waals surface area contributed by atoms with Crippen LogP contribution in [0.2, 0.25) is 0 Å². The van der Waals surface area contributed by atoms with E-state index in [1.54, 1.807) is 0 Å². The fourth-order valence-corrected chi connectivity index (χ4v) is 3.84. The topological polar surface area (TPSA) is 61.0 Å². The number of carbonyl (C=O) groups is 1. The Morgan fingerprint density at radius 3 is 3.09 bits per heavy atom. The minimum absolute atomic E-state index is 0.0555. The van der Waals surface area contributed by atoms with E-state index in [0.717, 1.165) is 32.2 Å². The second-order valence-corrected chi connectivity index (χ2v) is 6.58. The zero-order chi connectivity index (χ0) is 15.8. The van der Waals surface area contributed by atoms with E-state index in [9.17, 15) is 4.79 Å². The summed E-state index contributed by atoms with van der Waals surface area (Å²) in [7, 11) is 0. The third kappa shape index (κ3) is 2.60. The molecule has 2 N–H and O–H groups in total.